The number of hydrogen-bond acceptors (Lipinski definition) is 7. The molecule has 8 heteroatoms. The van der Waals surface area contributed by atoms with Gasteiger partial charge in [-0.05, 0) is 62.4 Å². The summed E-state index contributed by atoms with van der Waals surface area (Å²) in [5, 5.41) is 7.08. The minimum absolute atomic E-state index is 0.0277. The second-order valence-corrected chi connectivity index (χ2v) is 12.5. The zero-order valence-corrected chi connectivity index (χ0v) is 20.8. The highest BCUT2D eigenvalue weighted by atomic mass is 32.2. The maximum Gasteiger partial charge on any atom is 0.227 e. The predicted molar refractivity (Wildman–Crippen MR) is 136 cm³/mol. The molecular formula is C26H34N6OS. The van der Waals surface area contributed by atoms with Crippen LogP contribution in [0.25, 0.3) is 0 Å². The summed E-state index contributed by atoms with van der Waals surface area (Å²) >= 11 is 0. The normalized spacial score (nSPS) is 28.2. The first-order chi connectivity index (χ1) is 16.6. The molecule has 1 aromatic heterocycles. The molecule has 0 spiro atoms. The van der Waals surface area contributed by atoms with E-state index in [1.54, 1.807) is 5.56 Å². The van der Waals surface area contributed by atoms with Crippen LogP contribution in [0.2, 0.25) is 0 Å². The van der Waals surface area contributed by atoms with E-state index < -0.39 is 10.8 Å². The number of hydrogen-bond donors (Lipinski definition) is 2. The fourth-order valence-electron chi connectivity index (χ4n) is 6.69. The van der Waals surface area contributed by atoms with Crippen molar-refractivity contribution >= 4 is 28.3 Å². The van der Waals surface area contributed by atoms with Crippen LogP contribution in [0.15, 0.2) is 23.1 Å². The second kappa shape index (κ2) is 7.92. The van der Waals surface area contributed by atoms with Gasteiger partial charge in [0.05, 0.1) is 22.0 Å². The number of nitrogens with zero attached hydrogens (tertiary/aromatic N) is 4. The summed E-state index contributed by atoms with van der Waals surface area (Å²) in [6.45, 7) is 5.15. The quantitative estimate of drug-likeness (QED) is 0.660. The van der Waals surface area contributed by atoms with Crippen LogP contribution in [0.5, 0.6) is 0 Å². The number of aromatic nitrogens is 2. The predicted octanol–water partition coefficient (Wildman–Crippen LogP) is 2.37. The molecule has 7 rings (SSSR count). The van der Waals surface area contributed by atoms with E-state index in [0.29, 0.717) is 17.6 Å². The summed E-state index contributed by atoms with van der Waals surface area (Å²) in [7, 11) is 1.01. The second-order valence-electron chi connectivity index (χ2n) is 11.0. The highest BCUT2D eigenvalue weighted by molar-refractivity contribution is 7.85. The van der Waals surface area contributed by atoms with Crippen molar-refractivity contribution in [3.8, 4) is 0 Å². The monoisotopic (exact) mass is 478 g/mol. The molecule has 2 N–H and O–H groups in total. The van der Waals surface area contributed by atoms with E-state index in [1.807, 2.05) is 7.05 Å². The number of nitrogens with one attached hydrogen (secondary N) is 2. The standard InChI is InChI=1S/C26H34N6OS/c1-27-16-26(8-2-9-26)30-24-23-22(7-10-34(23)33)28-25(29-24)32-14-19-12-31(13-20(19)15-32)21-6-5-17-3-4-18(17)11-21/h5-6,11,19-20,27H,2-4,7-10,12-16H2,1H3,(H,28,29,30)/t19-,20+,34-/m0/s1. The van der Waals surface area contributed by atoms with Gasteiger partial charge < -0.3 is 20.4 Å². The van der Waals surface area contributed by atoms with Gasteiger partial charge in [0.1, 0.15) is 10.7 Å². The van der Waals surface area contributed by atoms with Gasteiger partial charge in [0.15, 0.2) is 0 Å². The van der Waals surface area contributed by atoms with Gasteiger partial charge in [-0.1, -0.05) is 6.07 Å². The summed E-state index contributed by atoms with van der Waals surface area (Å²) in [6, 6.07) is 7.06. The fraction of sp³-hybridized carbons (Fsp3) is 0.615. The van der Waals surface area contributed by atoms with Crippen molar-refractivity contribution in [3.05, 3.63) is 35.0 Å². The third kappa shape index (κ3) is 3.36. The third-order valence-corrected chi connectivity index (χ3v) is 10.3. The van der Waals surface area contributed by atoms with E-state index in [2.05, 4.69) is 38.6 Å². The van der Waals surface area contributed by atoms with E-state index >= 15 is 0 Å². The Bertz CT molecular complexity index is 1150. The summed E-state index contributed by atoms with van der Waals surface area (Å²) < 4.78 is 12.8. The fourth-order valence-corrected chi connectivity index (χ4v) is 8.00. The van der Waals surface area contributed by atoms with Crippen LogP contribution in [0.3, 0.4) is 0 Å². The van der Waals surface area contributed by atoms with Gasteiger partial charge in [0, 0.05) is 62.4 Å². The molecule has 1 saturated carbocycles. The van der Waals surface area contributed by atoms with Crippen LogP contribution < -0.4 is 20.4 Å². The molecule has 0 amide bonds. The highest BCUT2D eigenvalue weighted by Crippen LogP contribution is 2.40. The van der Waals surface area contributed by atoms with Crippen molar-refractivity contribution in [1.29, 1.82) is 0 Å². The average molecular weight is 479 g/mol. The van der Waals surface area contributed by atoms with Gasteiger partial charge in [-0.3, -0.25) is 4.21 Å². The SMILES string of the molecule is CNCC1(Nc2nc(N3C[C@H]4CN(c5ccc6c(c5)CC6)C[C@H]4C3)nc3c2[S@@](=O)CC3)CCC1. The molecule has 3 fully saturated rings. The van der Waals surface area contributed by atoms with E-state index in [1.165, 1.54) is 30.5 Å². The van der Waals surface area contributed by atoms with Gasteiger partial charge in [-0.25, -0.2) is 4.98 Å². The Kier molecular flexibility index (Phi) is 4.92. The lowest BCUT2D eigenvalue weighted by atomic mass is 9.76. The Balaban J connectivity index is 1.11. The first-order valence-electron chi connectivity index (χ1n) is 12.9. The number of benzene rings is 1. The molecule has 0 radical (unpaired) electrons. The van der Waals surface area contributed by atoms with E-state index in [0.717, 1.165) is 74.3 Å². The highest BCUT2D eigenvalue weighted by Gasteiger charge is 2.43. The van der Waals surface area contributed by atoms with Crippen LogP contribution in [0.4, 0.5) is 17.5 Å². The minimum Gasteiger partial charge on any atom is -0.371 e. The molecule has 3 atom stereocenters. The van der Waals surface area contributed by atoms with Crippen LogP contribution in [-0.2, 0) is 30.1 Å². The lowest BCUT2D eigenvalue weighted by Gasteiger charge is -2.43. The van der Waals surface area contributed by atoms with Crippen molar-refractivity contribution < 1.29 is 4.21 Å². The maximum absolute atomic E-state index is 12.8. The van der Waals surface area contributed by atoms with Gasteiger partial charge in [0.25, 0.3) is 0 Å². The minimum atomic E-state index is -0.998. The van der Waals surface area contributed by atoms with E-state index in [-0.39, 0.29) is 5.54 Å². The Morgan fingerprint density at radius 2 is 1.79 bits per heavy atom. The number of likely N-dealkylation sites (N-methyl/N-ethyl adjacent to an activating group) is 1. The van der Waals surface area contributed by atoms with Crippen LogP contribution in [0, 0.1) is 11.8 Å². The zero-order valence-electron chi connectivity index (χ0n) is 20.0. The molecule has 5 aliphatic rings. The summed E-state index contributed by atoms with van der Waals surface area (Å²) in [6.07, 6.45) is 6.76. The van der Waals surface area contributed by atoms with Crippen molar-refractivity contribution in [1.82, 2.24) is 15.3 Å². The van der Waals surface area contributed by atoms with E-state index in [4.69, 9.17) is 9.97 Å². The van der Waals surface area contributed by atoms with Crippen LogP contribution in [0.1, 0.15) is 36.1 Å². The molecule has 0 bridgehead atoms. The average Bonchev–Trinajstić information content (AvgIpc) is 3.46. The smallest absolute Gasteiger partial charge is 0.227 e. The zero-order chi connectivity index (χ0) is 22.9. The van der Waals surface area contributed by atoms with Gasteiger partial charge >= 0.3 is 0 Å². The Labute approximate surface area is 204 Å². The number of anilines is 3. The van der Waals surface area contributed by atoms with Crippen molar-refractivity contribution in [3.63, 3.8) is 0 Å². The number of aryl methyl sites for hydroxylation is 3. The molecule has 2 aromatic rings. The van der Waals surface area contributed by atoms with Gasteiger partial charge in [-0.2, -0.15) is 4.98 Å². The summed E-state index contributed by atoms with van der Waals surface area (Å²) in [5.41, 5.74) is 5.50. The molecule has 7 nitrogen and oxygen atoms in total. The Morgan fingerprint density at radius 1 is 1.03 bits per heavy atom. The molecule has 2 saturated heterocycles. The number of fused-ring (bicyclic) bond motifs is 3. The Hall–Kier alpha value is -2.19. The van der Waals surface area contributed by atoms with Crippen LogP contribution in [-0.4, -0.2) is 65.2 Å². The first-order valence-corrected chi connectivity index (χ1v) is 14.3. The van der Waals surface area contributed by atoms with Gasteiger partial charge in [0.2, 0.25) is 5.95 Å². The molecule has 3 aliphatic heterocycles. The largest absolute Gasteiger partial charge is 0.371 e. The molecular weight excluding hydrogens is 444 g/mol. The first kappa shape index (κ1) is 21.1. The molecule has 180 valence electrons. The van der Waals surface area contributed by atoms with Crippen molar-refractivity contribution in [2.45, 2.75) is 49.0 Å². The molecule has 2 aliphatic carbocycles. The third-order valence-electron chi connectivity index (χ3n) is 8.87. The lowest BCUT2D eigenvalue weighted by molar-refractivity contribution is 0.271. The van der Waals surface area contributed by atoms with Gasteiger partial charge in [-0.15, -0.1) is 0 Å². The number of rotatable bonds is 6. The Morgan fingerprint density at radius 3 is 2.44 bits per heavy atom. The maximum atomic E-state index is 12.8. The molecule has 4 heterocycles. The topological polar surface area (TPSA) is 73.4 Å². The molecule has 0 unspecified atom stereocenters. The van der Waals surface area contributed by atoms with Crippen LogP contribution >= 0.6 is 0 Å². The summed E-state index contributed by atoms with van der Waals surface area (Å²) in [5.74, 6) is 3.63. The van der Waals surface area contributed by atoms with E-state index in [9.17, 15) is 4.21 Å². The summed E-state index contributed by atoms with van der Waals surface area (Å²) in [4.78, 5) is 15.8. The van der Waals surface area contributed by atoms with Crippen molar-refractivity contribution in [2.75, 3.05) is 60.6 Å². The lowest BCUT2D eigenvalue weighted by Crippen LogP contribution is -2.52. The molecule has 34 heavy (non-hydrogen) atoms. The molecule has 1 aromatic carbocycles. The van der Waals surface area contributed by atoms with Crippen molar-refractivity contribution in [2.24, 2.45) is 11.8 Å².